The Kier molecular flexibility index (Phi) is 5.77. The van der Waals surface area contributed by atoms with Crippen molar-refractivity contribution in [3.8, 4) is 0 Å². The molecule has 1 aliphatic rings. The van der Waals surface area contributed by atoms with Gasteiger partial charge in [0, 0.05) is 19.6 Å². The van der Waals surface area contributed by atoms with Crippen LogP contribution in [0.3, 0.4) is 0 Å². The van der Waals surface area contributed by atoms with E-state index < -0.39 is 0 Å². The van der Waals surface area contributed by atoms with Crippen molar-refractivity contribution >= 4 is 0 Å². The van der Waals surface area contributed by atoms with Crippen LogP contribution in [0.5, 0.6) is 0 Å². The van der Waals surface area contributed by atoms with Gasteiger partial charge in [-0.25, -0.2) is 0 Å². The Morgan fingerprint density at radius 2 is 2.19 bits per heavy atom. The Hall–Kier alpha value is -0.0800. The highest BCUT2D eigenvalue weighted by atomic mass is 15.1. The Labute approximate surface area is 102 Å². The van der Waals surface area contributed by atoms with E-state index in [9.17, 15) is 0 Å². The van der Waals surface area contributed by atoms with Crippen LogP contribution >= 0.6 is 0 Å². The average molecular weight is 226 g/mol. The molecule has 0 spiro atoms. The van der Waals surface area contributed by atoms with Crippen molar-refractivity contribution in [3.05, 3.63) is 0 Å². The van der Waals surface area contributed by atoms with Gasteiger partial charge < -0.3 is 10.2 Å². The Morgan fingerprint density at radius 3 is 2.75 bits per heavy atom. The minimum Gasteiger partial charge on any atom is -0.319 e. The molecule has 1 rings (SSSR count). The summed E-state index contributed by atoms with van der Waals surface area (Å²) in [6.07, 6.45) is 5.44. The van der Waals surface area contributed by atoms with E-state index in [-0.39, 0.29) is 0 Å². The van der Waals surface area contributed by atoms with E-state index in [0.29, 0.717) is 5.41 Å². The molecule has 0 aromatic rings. The Bertz CT molecular complexity index is 185. The quantitative estimate of drug-likeness (QED) is 0.749. The van der Waals surface area contributed by atoms with Gasteiger partial charge in [-0.1, -0.05) is 27.2 Å². The molecule has 2 atom stereocenters. The first-order valence-electron chi connectivity index (χ1n) is 6.96. The molecule has 1 aliphatic heterocycles. The molecule has 2 nitrogen and oxygen atoms in total. The van der Waals surface area contributed by atoms with E-state index in [1.165, 1.54) is 45.3 Å². The Morgan fingerprint density at radius 1 is 1.44 bits per heavy atom. The molecule has 0 aliphatic carbocycles. The van der Waals surface area contributed by atoms with E-state index in [4.69, 9.17) is 0 Å². The fourth-order valence-electron chi connectivity index (χ4n) is 3.22. The highest BCUT2D eigenvalue weighted by Crippen LogP contribution is 2.26. The van der Waals surface area contributed by atoms with Crippen molar-refractivity contribution < 1.29 is 0 Å². The monoisotopic (exact) mass is 226 g/mol. The van der Waals surface area contributed by atoms with Gasteiger partial charge in [0.1, 0.15) is 0 Å². The lowest BCUT2D eigenvalue weighted by atomic mass is 9.84. The standard InChI is InChI=1S/C14H30N2/c1-5-8-14(3,11-15-4)12-16-9-6-7-13(2)10-16/h13,15H,5-12H2,1-4H3. The van der Waals surface area contributed by atoms with Gasteiger partial charge in [0.05, 0.1) is 0 Å². The predicted molar refractivity (Wildman–Crippen MR) is 71.8 cm³/mol. The summed E-state index contributed by atoms with van der Waals surface area (Å²) in [4.78, 5) is 2.68. The molecule has 16 heavy (non-hydrogen) atoms. The predicted octanol–water partition coefficient (Wildman–Crippen LogP) is 2.74. The topological polar surface area (TPSA) is 15.3 Å². The van der Waals surface area contributed by atoms with Gasteiger partial charge in [-0.2, -0.15) is 0 Å². The third-order valence-corrected chi connectivity index (χ3v) is 3.80. The zero-order valence-electron chi connectivity index (χ0n) is 11.7. The smallest absolute Gasteiger partial charge is 0.00476 e. The second-order valence-electron chi connectivity index (χ2n) is 6.07. The van der Waals surface area contributed by atoms with E-state index in [1.807, 2.05) is 0 Å². The van der Waals surface area contributed by atoms with Crippen molar-refractivity contribution in [2.75, 3.05) is 33.2 Å². The first-order valence-corrected chi connectivity index (χ1v) is 6.96. The second kappa shape index (κ2) is 6.61. The molecular formula is C14H30N2. The molecule has 1 fully saturated rings. The van der Waals surface area contributed by atoms with Gasteiger partial charge in [0.2, 0.25) is 0 Å². The number of hydrogen-bond acceptors (Lipinski definition) is 2. The summed E-state index contributed by atoms with van der Waals surface area (Å²) in [5.41, 5.74) is 0.459. The van der Waals surface area contributed by atoms with Crippen molar-refractivity contribution in [2.24, 2.45) is 11.3 Å². The minimum atomic E-state index is 0.459. The van der Waals surface area contributed by atoms with Crippen LogP contribution in [-0.4, -0.2) is 38.1 Å². The van der Waals surface area contributed by atoms with Crippen molar-refractivity contribution in [1.29, 1.82) is 0 Å². The Balaban J connectivity index is 2.46. The van der Waals surface area contributed by atoms with Crippen LogP contribution in [0, 0.1) is 11.3 Å². The molecule has 0 amide bonds. The maximum absolute atomic E-state index is 3.37. The molecule has 0 bridgehead atoms. The van der Waals surface area contributed by atoms with Gasteiger partial charge in [-0.3, -0.25) is 0 Å². The van der Waals surface area contributed by atoms with Crippen LogP contribution in [0.4, 0.5) is 0 Å². The third-order valence-electron chi connectivity index (χ3n) is 3.80. The summed E-state index contributed by atoms with van der Waals surface area (Å²) < 4.78 is 0. The van der Waals surface area contributed by atoms with Crippen molar-refractivity contribution in [2.45, 2.75) is 46.5 Å². The fourth-order valence-corrected chi connectivity index (χ4v) is 3.22. The van der Waals surface area contributed by atoms with Crippen LogP contribution in [0.25, 0.3) is 0 Å². The van der Waals surface area contributed by atoms with E-state index in [2.05, 4.69) is 38.0 Å². The lowest BCUT2D eigenvalue weighted by Crippen LogP contribution is -2.45. The number of nitrogens with one attached hydrogen (secondary N) is 1. The zero-order chi connectivity index (χ0) is 12.0. The highest BCUT2D eigenvalue weighted by Gasteiger charge is 2.27. The number of likely N-dealkylation sites (tertiary alicyclic amines) is 1. The summed E-state index contributed by atoms with van der Waals surface area (Å²) >= 11 is 0. The van der Waals surface area contributed by atoms with Gasteiger partial charge in [-0.15, -0.1) is 0 Å². The molecule has 0 radical (unpaired) electrons. The molecule has 0 aromatic heterocycles. The van der Waals surface area contributed by atoms with Gasteiger partial charge in [-0.05, 0) is 44.2 Å². The second-order valence-corrected chi connectivity index (χ2v) is 6.07. The zero-order valence-corrected chi connectivity index (χ0v) is 11.7. The molecule has 96 valence electrons. The van der Waals surface area contributed by atoms with Gasteiger partial charge >= 0.3 is 0 Å². The van der Waals surface area contributed by atoms with E-state index in [1.54, 1.807) is 0 Å². The molecule has 0 saturated carbocycles. The molecule has 1 N–H and O–H groups in total. The first kappa shape index (κ1) is 14.0. The maximum Gasteiger partial charge on any atom is 0.00476 e. The molecule has 0 aromatic carbocycles. The maximum atomic E-state index is 3.37. The molecular weight excluding hydrogens is 196 g/mol. The lowest BCUT2D eigenvalue weighted by Gasteiger charge is -2.39. The van der Waals surface area contributed by atoms with Crippen LogP contribution < -0.4 is 5.32 Å². The summed E-state index contributed by atoms with van der Waals surface area (Å²) in [5, 5.41) is 3.37. The average Bonchev–Trinajstić information content (AvgIpc) is 2.17. The van der Waals surface area contributed by atoms with E-state index in [0.717, 1.165) is 12.5 Å². The van der Waals surface area contributed by atoms with Gasteiger partial charge in [0.15, 0.2) is 0 Å². The van der Waals surface area contributed by atoms with E-state index >= 15 is 0 Å². The summed E-state index contributed by atoms with van der Waals surface area (Å²) in [5.74, 6) is 0.897. The van der Waals surface area contributed by atoms with Crippen molar-refractivity contribution in [3.63, 3.8) is 0 Å². The third kappa shape index (κ3) is 4.42. The highest BCUT2D eigenvalue weighted by molar-refractivity contribution is 4.82. The fraction of sp³-hybridized carbons (Fsp3) is 1.00. The normalized spacial score (nSPS) is 26.6. The number of nitrogens with zero attached hydrogens (tertiary/aromatic N) is 1. The van der Waals surface area contributed by atoms with Gasteiger partial charge in [0.25, 0.3) is 0 Å². The molecule has 2 heteroatoms. The minimum absolute atomic E-state index is 0.459. The summed E-state index contributed by atoms with van der Waals surface area (Å²) in [7, 11) is 2.08. The summed E-state index contributed by atoms with van der Waals surface area (Å²) in [6.45, 7) is 12.2. The van der Waals surface area contributed by atoms with Crippen LogP contribution in [0.15, 0.2) is 0 Å². The lowest BCUT2D eigenvalue weighted by molar-refractivity contribution is 0.110. The van der Waals surface area contributed by atoms with Crippen LogP contribution in [0.2, 0.25) is 0 Å². The number of hydrogen-bond donors (Lipinski definition) is 1. The molecule has 2 unspecified atom stereocenters. The first-order chi connectivity index (χ1) is 7.59. The number of piperidine rings is 1. The largest absolute Gasteiger partial charge is 0.319 e. The van der Waals surface area contributed by atoms with Crippen molar-refractivity contribution in [1.82, 2.24) is 10.2 Å². The SMILES string of the molecule is CCCC(C)(CNC)CN1CCCC(C)C1. The number of rotatable bonds is 6. The van der Waals surface area contributed by atoms with Crippen LogP contribution in [0.1, 0.15) is 46.5 Å². The summed E-state index contributed by atoms with van der Waals surface area (Å²) in [6, 6.07) is 0. The molecule has 1 heterocycles. The molecule has 1 saturated heterocycles. The van der Waals surface area contributed by atoms with Crippen LogP contribution in [-0.2, 0) is 0 Å².